The van der Waals surface area contributed by atoms with Crippen LogP contribution in [0.1, 0.15) is 32.4 Å². The molecule has 0 spiro atoms. The van der Waals surface area contributed by atoms with Crippen LogP contribution in [-0.4, -0.2) is 36.2 Å². The van der Waals surface area contributed by atoms with E-state index in [0.717, 1.165) is 13.2 Å². The van der Waals surface area contributed by atoms with Crippen molar-refractivity contribution in [2.24, 2.45) is 5.73 Å². The summed E-state index contributed by atoms with van der Waals surface area (Å²) < 4.78 is 5.69. The van der Waals surface area contributed by atoms with Crippen LogP contribution in [0.2, 0.25) is 0 Å². The first kappa shape index (κ1) is 13.0. The minimum absolute atomic E-state index is 0.136. The van der Waals surface area contributed by atoms with Crippen LogP contribution in [0.15, 0.2) is 16.8 Å². The fourth-order valence-electron chi connectivity index (χ4n) is 2.56. The highest BCUT2D eigenvalue weighted by molar-refractivity contribution is 7.07. The SMILES string of the molecule is CC1CN(C(c2ccsc2)C(C)N)C(C)CO1. The summed E-state index contributed by atoms with van der Waals surface area (Å²) in [7, 11) is 0. The van der Waals surface area contributed by atoms with Crippen LogP contribution in [0.3, 0.4) is 0 Å². The summed E-state index contributed by atoms with van der Waals surface area (Å²) in [6, 6.07) is 3.06. The van der Waals surface area contributed by atoms with Crippen LogP contribution in [-0.2, 0) is 4.74 Å². The average molecular weight is 254 g/mol. The molecule has 0 saturated carbocycles. The third-order valence-electron chi connectivity index (χ3n) is 3.40. The van der Waals surface area contributed by atoms with Crippen LogP contribution < -0.4 is 5.73 Å². The van der Waals surface area contributed by atoms with E-state index in [9.17, 15) is 0 Å². The summed E-state index contributed by atoms with van der Waals surface area (Å²) in [6.45, 7) is 8.20. The molecular weight excluding hydrogens is 232 g/mol. The van der Waals surface area contributed by atoms with Crippen LogP contribution in [0, 0.1) is 0 Å². The van der Waals surface area contributed by atoms with E-state index in [0.29, 0.717) is 18.2 Å². The topological polar surface area (TPSA) is 38.5 Å². The van der Waals surface area contributed by atoms with Crippen LogP contribution >= 0.6 is 11.3 Å². The minimum atomic E-state index is 0.136. The first-order chi connectivity index (χ1) is 8.09. The van der Waals surface area contributed by atoms with Crippen molar-refractivity contribution in [3.63, 3.8) is 0 Å². The maximum Gasteiger partial charge on any atom is 0.0675 e. The van der Waals surface area contributed by atoms with Crippen molar-refractivity contribution in [3.05, 3.63) is 22.4 Å². The molecule has 0 aliphatic carbocycles. The predicted octanol–water partition coefficient (Wildman–Crippen LogP) is 2.25. The number of thiophene rings is 1. The van der Waals surface area contributed by atoms with Crippen molar-refractivity contribution in [1.29, 1.82) is 0 Å². The molecule has 1 aromatic rings. The second-order valence-corrected chi connectivity index (χ2v) is 5.83. The molecule has 1 fully saturated rings. The summed E-state index contributed by atoms with van der Waals surface area (Å²) in [6.07, 6.45) is 0.297. The van der Waals surface area contributed by atoms with Crippen LogP contribution in [0.5, 0.6) is 0 Å². The van der Waals surface area contributed by atoms with Gasteiger partial charge in [0.1, 0.15) is 0 Å². The zero-order valence-electron chi connectivity index (χ0n) is 10.8. The summed E-state index contributed by atoms with van der Waals surface area (Å²) in [4.78, 5) is 2.49. The van der Waals surface area contributed by atoms with Gasteiger partial charge in [-0.05, 0) is 43.2 Å². The summed E-state index contributed by atoms with van der Waals surface area (Å²) in [5, 5.41) is 4.33. The Balaban J connectivity index is 2.20. The van der Waals surface area contributed by atoms with Gasteiger partial charge < -0.3 is 10.5 Å². The molecule has 2 rings (SSSR count). The number of ether oxygens (including phenoxy) is 1. The van der Waals surface area contributed by atoms with E-state index in [-0.39, 0.29) is 6.04 Å². The molecule has 2 heterocycles. The monoisotopic (exact) mass is 254 g/mol. The maximum absolute atomic E-state index is 6.19. The van der Waals surface area contributed by atoms with Gasteiger partial charge in [-0.1, -0.05) is 0 Å². The van der Waals surface area contributed by atoms with E-state index < -0.39 is 0 Å². The molecule has 17 heavy (non-hydrogen) atoms. The number of hydrogen-bond acceptors (Lipinski definition) is 4. The quantitative estimate of drug-likeness (QED) is 0.899. The molecule has 1 saturated heterocycles. The van der Waals surface area contributed by atoms with E-state index >= 15 is 0 Å². The Morgan fingerprint density at radius 2 is 2.29 bits per heavy atom. The van der Waals surface area contributed by atoms with Gasteiger partial charge in [0.25, 0.3) is 0 Å². The number of hydrogen-bond donors (Lipinski definition) is 1. The number of morpholine rings is 1. The van der Waals surface area contributed by atoms with Gasteiger partial charge in [-0.3, -0.25) is 4.90 Å². The molecule has 1 aromatic heterocycles. The molecule has 4 heteroatoms. The Morgan fingerprint density at radius 3 is 2.88 bits per heavy atom. The molecular formula is C13H22N2OS. The van der Waals surface area contributed by atoms with Crippen molar-refractivity contribution < 1.29 is 4.74 Å². The van der Waals surface area contributed by atoms with Gasteiger partial charge in [-0.15, -0.1) is 0 Å². The highest BCUT2D eigenvalue weighted by Gasteiger charge is 2.32. The highest BCUT2D eigenvalue weighted by Crippen LogP contribution is 2.29. The Morgan fingerprint density at radius 1 is 1.53 bits per heavy atom. The fourth-order valence-corrected chi connectivity index (χ4v) is 3.25. The van der Waals surface area contributed by atoms with Crippen molar-refractivity contribution in [1.82, 2.24) is 4.90 Å². The normalized spacial score (nSPS) is 30.1. The third kappa shape index (κ3) is 2.88. The minimum Gasteiger partial charge on any atom is -0.376 e. The lowest BCUT2D eigenvalue weighted by molar-refractivity contribution is -0.0696. The number of nitrogens with two attached hydrogens (primary N) is 1. The van der Waals surface area contributed by atoms with Crippen molar-refractivity contribution in [2.45, 2.75) is 45.0 Å². The maximum atomic E-state index is 6.19. The Bertz CT molecular complexity index is 339. The molecule has 0 radical (unpaired) electrons. The number of rotatable bonds is 3. The van der Waals surface area contributed by atoms with Crippen molar-refractivity contribution in [2.75, 3.05) is 13.2 Å². The van der Waals surface area contributed by atoms with Crippen LogP contribution in [0.25, 0.3) is 0 Å². The van der Waals surface area contributed by atoms with E-state index in [1.165, 1.54) is 5.56 Å². The second-order valence-electron chi connectivity index (χ2n) is 5.05. The summed E-state index contributed by atoms with van der Waals surface area (Å²) >= 11 is 1.74. The Hall–Kier alpha value is -0.420. The summed E-state index contributed by atoms with van der Waals surface area (Å²) in [5.74, 6) is 0. The smallest absolute Gasteiger partial charge is 0.0675 e. The highest BCUT2D eigenvalue weighted by atomic mass is 32.1. The molecule has 0 bridgehead atoms. The van der Waals surface area contributed by atoms with Crippen LogP contribution in [0.4, 0.5) is 0 Å². The third-order valence-corrected chi connectivity index (χ3v) is 4.10. The molecule has 3 nitrogen and oxygen atoms in total. The molecule has 4 unspecified atom stereocenters. The lowest BCUT2D eigenvalue weighted by atomic mass is 9.99. The molecule has 4 atom stereocenters. The average Bonchev–Trinajstić information content (AvgIpc) is 2.76. The lowest BCUT2D eigenvalue weighted by Crippen LogP contribution is -2.52. The zero-order chi connectivity index (χ0) is 12.4. The lowest BCUT2D eigenvalue weighted by Gasteiger charge is -2.43. The molecule has 0 aromatic carbocycles. The molecule has 0 amide bonds. The van der Waals surface area contributed by atoms with Gasteiger partial charge in [0.2, 0.25) is 0 Å². The Kier molecular flexibility index (Phi) is 4.20. The van der Waals surface area contributed by atoms with Gasteiger partial charge >= 0.3 is 0 Å². The number of nitrogens with zero attached hydrogens (tertiary/aromatic N) is 1. The van der Waals surface area contributed by atoms with Gasteiger partial charge in [-0.2, -0.15) is 11.3 Å². The van der Waals surface area contributed by atoms with E-state index in [2.05, 4.69) is 42.5 Å². The van der Waals surface area contributed by atoms with Gasteiger partial charge in [-0.25, -0.2) is 0 Å². The first-order valence-corrected chi connectivity index (χ1v) is 7.19. The standard InChI is InChI=1S/C13H22N2OS/c1-9-7-16-10(2)6-15(9)13(11(3)14)12-4-5-17-8-12/h4-5,8-11,13H,6-7,14H2,1-3H3. The van der Waals surface area contributed by atoms with Gasteiger partial charge in [0, 0.05) is 18.6 Å². The Labute approximate surface area is 108 Å². The van der Waals surface area contributed by atoms with E-state index in [4.69, 9.17) is 10.5 Å². The molecule has 96 valence electrons. The zero-order valence-corrected chi connectivity index (χ0v) is 11.6. The summed E-state index contributed by atoms with van der Waals surface area (Å²) in [5.41, 5.74) is 7.53. The first-order valence-electron chi connectivity index (χ1n) is 6.24. The van der Waals surface area contributed by atoms with E-state index in [1.807, 2.05) is 0 Å². The van der Waals surface area contributed by atoms with Gasteiger partial charge in [0.15, 0.2) is 0 Å². The molecule has 1 aliphatic heterocycles. The molecule has 2 N–H and O–H groups in total. The molecule has 1 aliphatic rings. The predicted molar refractivity (Wildman–Crippen MR) is 72.3 cm³/mol. The van der Waals surface area contributed by atoms with Gasteiger partial charge in [0.05, 0.1) is 18.8 Å². The largest absolute Gasteiger partial charge is 0.376 e. The van der Waals surface area contributed by atoms with E-state index in [1.54, 1.807) is 11.3 Å². The van der Waals surface area contributed by atoms with Crippen molar-refractivity contribution in [3.8, 4) is 0 Å². The van der Waals surface area contributed by atoms with Crippen molar-refractivity contribution >= 4 is 11.3 Å². The fraction of sp³-hybridized carbons (Fsp3) is 0.692. The second kappa shape index (κ2) is 5.48.